The van der Waals surface area contributed by atoms with Crippen LogP contribution in [0.15, 0.2) is 18.2 Å². The van der Waals surface area contributed by atoms with Gasteiger partial charge in [-0.3, -0.25) is 10.1 Å². The molecular formula is C14H17N3O2. The van der Waals surface area contributed by atoms with Crippen molar-refractivity contribution in [2.24, 2.45) is 11.8 Å². The molecule has 1 N–H and O–H groups in total. The first-order valence-electron chi connectivity index (χ1n) is 6.55. The number of para-hydroxylation sites is 1. The quantitative estimate of drug-likeness (QED) is 0.664. The van der Waals surface area contributed by atoms with Crippen molar-refractivity contribution in [1.82, 2.24) is 0 Å². The lowest BCUT2D eigenvalue weighted by Crippen LogP contribution is -2.17. The number of nitro benzene ring substituents is 1. The molecule has 1 aromatic carbocycles. The monoisotopic (exact) mass is 259 g/mol. The molecule has 1 saturated carbocycles. The third kappa shape index (κ3) is 2.84. The Morgan fingerprint density at radius 3 is 2.89 bits per heavy atom. The van der Waals surface area contributed by atoms with E-state index < -0.39 is 4.92 Å². The summed E-state index contributed by atoms with van der Waals surface area (Å²) in [6.45, 7) is 2.95. The lowest BCUT2D eigenvalue weighted by molar-refractivity contribution is -0.384. The molecule has 0 aromatic heterocycles. The van der Waals surface area contributed by atoms with Crippen molar-refractivity contribution in [2.75, 3.05) is 11.9 Å². The zero-order valence-corrected chi connectivity index (χ0v) is 10.9. The molecule has 2 unspecified atom stereocenters. The lowest BCUT2D eigenvalue weighted by Gasteiger charge is -2.16. The Bertz CT molecular complexity index is 522. The Morgan fingerprint density at radius 2 is 2.32 bits per heavy atom. The first-order valence-corrected chi connectivity index (χ1v) is 6.55. The van der Waals surface area contributed by atoms with E-state index in [0.29, 0.717) is 17.5 Å². The van der Waals surface area contributed by atoms with Gasteiger partial charge < -0.3 is 5.32 Å². The fraction of sp³-hybridized carbons (Fsp3) is 0.500. The van der Waals surface area contributed by atoms with Crippen LogP contribution in [0.3, 0.4) is 0 Å². The second-order valence-corrected chi connectivity index (χ2v) is 5.12. The topological polar surface area (TPSA) is 79.0 Å². The average Bonchev–Trinajstić information content (AvgIpc) is 2.81. The van der Waals surface area contributed by atoms with E-state index in [2.05, 4.69) is 12.2 Å². The molecule has 1 aliphatic rings. The van der Waals surface area contributed by atoms with Gasteiger partial charge >= 0.3 is 5.69 Å². The molecule has 2 atom stereocenters. The highest BCUT2D eigenvalue weighted by Crippen LogP contribution is 2.33. The molecule has 19 heavy (non-hydrogen) atoms. The molecular weight excluding hydrogens is 242 g/mol. The maximum absolute atomic E-state index is 11.1. The summed E-state index contributed by atoms with van der Waals surface area (Å²) >= 11 is 0. The Balaban J connectivity index is 2.16. The van der Waals surface area contributed by atoms with Crippen molar-refractivity contribution < 1.29 is 4.92 Å². The molecule has 1 aromatic rings. The van der Waals surface area contributed by atoms with Gasteiger partial charge in [-0.2, -0.15) is 5.26 Å². The Morgan fingerprint density at radius 1 is 1.53 bits per heavy atom. The van der Waals surface area contributed by atoms with Gasteiger partial charge in [-0.15, -0.1) is 0 Å². The van der Waals surface area contributed by atoms with Crippen LogP contribution in [0.4, 0.5) is 11.4 Å². The number of nitrogens with one attached hydrogen (secondary N) is 1. The number of hydrogen-bond donors (Lipinski definition) is 1. The number of nitrogens with zero attached hydrogens (tertiary/aromatic N) is 2. The summed E-state index contributed by atoms with van der Waals surface area (Å²) in [4.78, 5) is 10.6. The van der Waals surface area contributed by atoms with Crippen LogP contribution in [0, 0.1) is 33.3 Å². The summed E-state index contributed by atoms with van der Waals surface area (Å²) in [5.41, 5.74) is 0.438. The minimum absolute atomic E-state index is 0.106. The van der Waals surface area contributed by atoms with Crippen LogP contribution in [-0.2, 0) is 0 Å². The third-order valence-electron chi connectivity index (χ3n) is 3.93. The van der Waals surface area contributed by atoms with Crippen molar-refractivity contribution in [1.29, 1.82) is 5.26 Å². The first-order chi connectivity index (χ1) is 9.13. The van der Waals surface area contributed by atoms with Crippen LogP contribution in [0.2, 0.25) is 0 Å². The molecule has 1 aliphatic carbocycles. The normalized spacial score (nSPS) is 21.9. The number of anilines is 1. The van der Waals surface area contributed by atoms with Crippen LogP contribution in [0.1, 0.15) is 31.7 Å². The van der Waals surface area contributed by atoms with Crippen molar-refractivity contribution in [3.63, 3.8) is 0 Å². The van der Waals surface area contributed by atoms with Gasteiger partial charge in [0.15, 0.2) is 0 Å². The molecule has 0 saturated heterocycles. The second kappa shape index (κ2) is 5.70. The molecule has 1 fully saturated rings. The molecule has 0 radical (unpaired) electrons. The molecule has 5 heteroatoms. The molecule has 0 bridgehead atoms. The van der Waals surface area contributed by atoms with Crippen LogP contribution in [0.25, 0.3) is 0 Å². The number of nitro groups is 1. The van der Waals surface area contributed by atoms with Crippen molar-refractivity contribution >= 4 is 11.4 Å². The van der Waals surface area contributed by atoms with E-state index in [9.17, 15) is 10.1 Å². The van der Waals surface area contributed by atoms with Crippen LogP contribution in [-0.4, -0.2) is 11.5 Å². The maximum Gasteiger partial charge on any atom is 0.309 e. The summed E-state index contributed by atoms with van der Waals surface area (Å²) in [6, 6.07) is 6.68. The summed E-state index contributed by atoms with van der Waals surface area (Å²) < 4.78 is 0. The van der Waals surface area contributed by atoms with Crippen LogP contribution in [0.5, 0.6) is 0 Å². The maximum atomic E-state index is 11.1. The smallest absolute Gasteiger partial charge is 0.309 e. The Hall–Kier alpha value is -2.09. The third-order valence-corrected chi connectivity index (χ3v) is 3.93. The fourth-order valence-electron chi connectivity index (χ4n) is 2.74. The molecule has 5 nitrogen and oxygen atoms in total. The van der Waals surface area contributed by atoms with Gasteiger partial charge in [0.2, 0.25) is 0 Å². The lowest BCUT2D eigenvalue weighted by atomic mass is 9.98. The van der Waals surface area contributed by atoms with Gasteiger partial charge in [0.1, 0.15) is 17.3 Å². The van der Waals surface area contributed by atoms with Gasteiger partial charge in [0.05, 0.1) is 4.92 Å². The molecule has 2 rings (SSSR count). The van der Waals surface area contributed by atoms with Gasteiger partial charge in [0, 0.05) is 6.54 Å². The van der Waals surface area contributed by atoms with E-state index in [-0.39, 0.29) is 11.3 Å². The zero-order chi connectivity index (χ0) is 13.8. The van der Waals surface area contributed by atoms with Crippen LogP contribution >= 0.6 is 0 Å². The number of nitriles is 1. The van der Waals surface area contributed by atoms with Crippen molar-refractivity contribution in [2.45, 2.75) is 26.2 Å². The Labute approximate surface area is 112 Å². The van der Waals surface area contributed by atoms with E-state index in [4.69, 9.17) is 5.26 Å². The van der Waals surface area contributed by atoms with Crippen LogP contribution < -0.4 is 5.32 Å². The second-order valence-electron chi connectivity index (χ2n) is 5.12. The molecule has 0 heterocycles. The summed E-state index contributed by atoms with van der Waals surface area (Å²) in [5.74, 6) is 1.22. The van der Waals surface area contributed by atoms with Gasteiger partial charge in [-0.05, 0) is 30.4 Å². The van der Waals surface area contributed by atoms with Crippen molar-refractivity contribution in [3.05, 3.63) is 33.9 Å². The highest BCUT2D eigenvalue weighted by atomic mass is 16.6. The molecule has 100 valence electrons. The first kappa shape index (κ1) is 13.3. The molecule has 0 spiro atoms. The summed E-state index contributed by atoms with van der Waals surface area (Å²) in [7, 11) is 0. The summed E-state index contributed by atoms with van der Waals surface area (Å²) in [6.07, 6.45) is 3.63. The number of benzene rings is 1. The zero-order valence-electron chi connectivity index (χ0n) is 10.9. The van der Waals surface area contributed by atoms with E-state index in [1.165, 1.54) is 25.3 Å². The standard InChI is InChI=1S/C14H17N3O2/c1-10-4-2-6-12(10)9-16-13-7-3-5-11(8-15)14(13)17(18)19/h3,5,7,10,12,16H,2,4,6,9H2,1H3. The largest absolute Gasteiger partial charge is 0.379 e. The van der Waals surface area contributed by atoms with Gasteiger partial charge in [-0.1, -0.05) is 25.8 Å². The van der Waals surface area contributed by atoms with E-state index >= 15 is 0 Å². The summed E-state index contributed by atoms with van der Waals surface area (Å²) in [5, 5.41) is 23.2. The van der Waals surface area contributed by atoms with Gasteiger partial charge in [-0.25, -0.2) is 0 Å². The van der Waals surface area contributed by atoms with Crippen molar-refractivity contribution in [3.8, 4) is 6.07 Å². The average molecular weight is 259 g/mol. The number of rotatable bonds is 4. The number of hydrogen-bond acceptors (Lipinski definition) is 4. The highest BCUT2D eigenvalue weighted by Gasteiger charge is 2.25. The predicted octanol–water partition coefficient (Wildman–Crippen LogP) is 3.31. The fourth-order valence-corrected chi connectivity index (χ4v) is 2.74. The van der Waals surface area contributed by atoms with Gasteiger partial charge in [0.25, 0.3) is 0 Å². The Kier molecular flexibility index (Phi) is 4.00. The molecule has 0 aliphatic heterocycles. The molecule has 0 amide bonds. The highest BCUT2D eigenvalue weighted by molar-refractivity contribution is 5.68. The minimum Gasteiger partial charge on any atom is -0.379 e. The SMILES string of the molecule is CC1CCCC1CNc1cccc(C#N)c1[N+](=O)[O-]. The van der Waals surface area contributed by atoms with E-state index in [1.807, 2.05) is 6.07 Å². The van der Waals surface area contributed by atoms with E-state index in [1.54, 1.807) is 12.1 Å². The predicted molar refractivity (Wildman–Crippen MR) is 72.8 cm³/mol. The minimum atomic E-state index is -0.487. The van der Waals surface area contributed by atoms with E-state index in [0.717, 1.165) is 6.54 Å².